The Morgan fingerprint density at radius 2 is 1.87 bits per heavy atom. The molecule has 0 radical (unpaired) electrons. The van der Waals surface area contributed by atoms with Crippen molar-refractivity contribution in [3.05, 3.63) is 87.7 Å². The van der Waals surface area contributed by atoms with Crippen molar-refractivity contribution in [2.24, 2.45) is 0 Å². The molecule has 0 fully saturated rings. The van der Waals surface area contributed by atoms with E-state index >= 15 is 0 Å². The van der Waals surface area contributed by atoms with Crippen molar-refractivity contribution in [3.8, 4) is 10.4 Å². The molecule has 1 N–H and O–H groups in total. The van der Waals surface area contributed by atoms with Gasteiger partial charge in [-0.05, 0) is 47.9 Å². The molecule has 0 spiro atoms. The van der Waals surface area contributed by atoms with Gasteiger partial charge >= 0.3 is 0 Å². The lowest BCUT2D eigenvalue weighted by molar-refractivity contribution is -0.121. The van der Waals surface area contributed by atoms with Gasteiger partial charge in [-0.2, -0.15) is 0 Å². The Balaban J connectivity index is 1.44. The van der Waals surface area contributed by atoms with Crippen LogP contribution in [0.1, 0.15) is 5.56 Å². The Morgan fingerprint density at radius 3 is 2.60 bits per heavy atom. The summed E-state index contributed by atoms with van der Waals surface area (Å²) in [4.78, 5) is 30.3. The van der Waals surface area contributed by atoms with E-state index in [4.69, 9.17) is 11.6 Å². The summed E-state index contributed by atoms with van der Waals surface area (Å²) in [6.07, 6.45) is 1.97. The summed E-state index contributed by atoms with van der Waals surface area (Å²) in [7, 11) is 0. The molecule has 1 amide bonds. The van der Waals surface area contributed by atoms with Gasteiger partial charge in [0.05, 0.1) is 11.8 Å². The van der Waals surface area contributed by atoms with E-state index in [1.54, 1.807) is 24.3 Å². The minimum atomic E-state index is -0.294. The van der Waals surface area contributed by atoms with Crippen molar-refractivity contribution >= 4 is 39.1 Å². The van der Waals surface area contributed by atoms with E-state index in [2.05, 4.69) is 10.3 Å². The maximum Gasteiger partial charge on any atom is 0.271 e. The van der Waals surface area contributed by atoms with Crippen molar-refractivity contribution in [1.29, 1.82) is 0 Å². The number of carbonyl (C=O) groups is 1. The number of thiophene rings is 1. The first-order valence-electron chi connectivity index (χ1n) is 9.26. The molecule has 0 saturated carbocycles. The Labute approximate surface area is 180 Å². The van der Waals surface area contributed by atoms with Gasteiger partial charge in [-0.15, -0.1) is 11.3 Å². The van der Waals surface area contributed by atoms with Gasteiger partial charge in [0.15, 0.2) is 0 Å². The van der Waals surface area contributed by atoms with E-state index < -0.39 is 0 Å². The molecule has 2 aromatic heterocycles. The van der Waals surface area contributed by atoms with Gasteiger partial charge in [0, 0.05) is 16.4 Å². The summed E-state index contributed by atoms with van der Waals surface area (Å²) >= 11 is 7.27. The lowest BCUT2D eigenvalue weighted by Crippen LogP contribution is -2.33. The number of halogens is 2. The Bertz CT molecular complexity index is 1250. The summed E-state index contributed by atoms with van der Waals surface area (Å²) in [6, 6.07) is 15.4. The molecule has 0 bridgehead atoms. The molecule has 0 atom stereocenters. The first-order valence-corrected chi connectivity index (χ1v) is 10.4. The molecule has 5 nitrogen and oxygen atoms in total. The second-order valence-electron chi connectivity index (χ2n) is 6.74. The average molecular weight is 442 g/mol. The van der Waals surface area contributed by atoms with Crippen molar-refractivity contribution < 1.29 is 9.18 Å². The van der Waals surface area contributed by atoms with Crippen LogP contribution in [-0.4, -0.2) is 22.0 Å². The molecular weight excluding hydrogens is 425 g/mol. The minimum Gasteiger partial charge on any atom is -0.354 e. The minimum absolute atomic E-state index is 0.112. The average Bonchev–Trinajstić information content (AvgIpc) is 3.17. The molecule has 0 saturated heterocycles. The van der Waals surface area contributed by atoms with Crippen molar-refractivity contribution in [2.75, 3.05) is 6.54 Å². The van der Waals surface area contributed by atoms with Crippen molar-refractivity contribution in [3.63, 3.8) is 0 Å². The highest BCUT2D eigenvalue weighted by molar-refractivity contribution is 7.22. The van der Waals surface area contributed by atoms with Crippen LogP contribution in [0.3, 0.4) is 0 Å². The van der Waals surface area contributed by atoms with Crippen molar-refractivity contribution in [1.82, 2.24) is 14.9 Å². The van der Waals surface area contributed by atoms with Crippen molar-refractivity contribution in [2.45, 2.75) is 13.0 Å². The van der Waals surface area contributed by atoms with Gasteiger partial charge < -0.3 is 5.32 Å². The summed E-state index contributed by atoms with van der Waals surface area (Å²) in [6.45, 7) is 0.286. The van der Waals surface area contributed by atoms with Gasteiger partial charge in [0.25, 0.3) is 5.56 Å². The van der Waals surface area contributed by atoms with Crippen LogP contribution in [0, 0.1) is 5.82 Å². The van der Waals surface area contributed by atoms with E-state index in [1.165, 1.54) is 34.4 Å². The Hall–Kier alpha value is -3.03. The Kier molecular flexibility index (Phi) is 5.92. The number of nitrogens with zero attached hydrogens (tertiary/aromatic N) is 2. The largest absolute Gasteiger partial charge is 0.354 e. The van der Waals surface area contributed by atoms with E-state index in [0.717, 1.165) is 16.0 Å². The van der Waals surface area contributed by atoms with Crippen LogP contribution in [0.5, 0.6) is 0 Å². The van der Waals surface area contributed by atoms with Crippen LogP contribution in [0.2, 0.25) is 5.02 Å². The molecule has 30 heavy (non-hydrogen) atoms. The number of fused-ring (bicyclic) bond motifs is 1. The topological polar surface area (TPSA) is 64.0 Å². The van der Waals surface area contributed by atoms with E-state index in [1.807, 2.05) is 18.2 Å². The van der Waals surface area contributed by atoms with Gasteiger partial charge in [0.2, 0.25) is 5.91 Å². The molecule has 152 valence electrons. The zero-order valence-electron chi connectivity index (χ0n) is 15.8. The summed E-state index contributed by atoms with van der Waals surface area (Å²) < 4.78 is 14.7. The summed E-state index contributed by atoms with van der Waals surface area (Å²) in [5.74, 6) is -0.576. The van der Waals surface area contributed by atoms with Gasteiger partial charge in [-0.3, -0.25) is 14.2 Å². The van der Waals surface area contributed by atoms with Crippen LogP contribution in [0.25, 0.3) is 20.7 Å². The van der Waals surface area contributed by atoms with Crippen LogP contribution in [-0.2, 0) is 17.8 Å². The number of carbonyl (C=O) groups excluding carboxylic acids is 1. The fraction of sp³-hybridized carbons (Fsp3) is 0.136. The number of aromatic nitrogens is 2. The molecule has 2 aromatic carbocycles. The maximum atomic E-state index is 12.9. The number of hydrogen-bond donors (Lipinski definition) is 1. The molecule has 8 heteroatoms. The zero-order valence-corrected chi connectivity index (χ0v) is 17.3. The molecule has 0 aliphatic heterocycles. The van der Waals surface area contributed by atoms with Gasteiger partial charge in [0.1, 0.15) is 17.1 Å². The molecular formula is C22H17ClFN3O2S. The quantitative estimate of drug-likeness (QED) is 0.486. The normalized spacial score (nSPS) is 11.0. The van der Waals surface area contributed by atoms with Crippen LogP contribution < -0.4 is 10.9 Å². The lowest BCUT2D eigenvalue weighted by atomic mass is 10.1. The first kappa shape index (κ1) is 20.3. The predicted molar refractivity (Wildman–Crippen MR) is 117 cm³/mol. The van der Waals surface area contributed by atoms with Gasteiger partial charge in [-0.1, -0.05) is 35.9 Å². The number of nitrogens with one attached hydrogen (secondary N) is 1. The van der Waals surface area contributed by atoms with E-state index in [-0.39, 0.29) is 23.8 Å². The van der Waals surface area contributed by atoms with Gasteiger partial charge in [-0.25, -0.2) is 9.37 Å². The SMILES string of the molecule is O=C(Cn1cnc2cc(-c3ccc(Cl)cc3)sc2c1=O)NCCc1ccc(F)cc1. The molecule has 0 aliphatic carbocycles. The highest BCUT2D eigenvalue weighted by atomic mass is 35.5. The fourth-order valence-electron chi connectivity index (χ4n) is 3.02. The number of rotatable bonds is 6. The lowest BCUT2D eigenvalue weighted by Gasteiger charge is -2.07. The number of benzene rings is 2. The molecule has 0 unspecified atom stereocenters. The third-order valence-electron chi connectivity index (χ3n) is 4.60. The van der Waals surface area contributed by atoms with Crippen LogP contribution >= 0.6 is 22.9 Å². The zero-order chi connectivity index (χ0) is 21.1. The Morgan fingerprint density at radius 1 is 1.13 bits per heavy atom. The molecule has 2 heterocycles. The highest BCUT2D eigenvalue weighted by Gasteiger charge is 2.12. The van der Waals surface area contributed by atoms with Crippen LogP contribution in [0.15, 0.2) is 65.7 Å². The molecule has 4 aromatic rings. The van der Waals surface area contributed by atoms with E-state index in [0.29, 0.717) is 28.2 Å². The second kappa shape index (κ2) is 8.77. The monoisotopic (exact) mass is 441 g/mol. The third kappa shape index (κ3) is 4.58. The predicted octanol–water partition coefficient (Wildman–Crippen LogP) is 4.28. The van der Waals surface area contributed by atoms with E-state index in [9.17, 15) is 14.0 Å². The number of amides is 1. The first-order chi connectivity index (χ1) is 14.5. The smallest absolute Gasteiger partial charge is 0.271 e. The fourth-order valence-corrected chi connectivity index (χ4v) is 4.21. The third-order valence-corrected chi connectivity index (χ3v) is 6.01. The molecule has 0 aliphatic rings. The standard InChI is InChI=1S/C22H17ClFN3O2S/c23-16-5-3-15(4-6-16)19-11-18-21(30-19)22(29)27(13-26-18)12-20(28)25-10-9-14-1-7-17(24)8-2-14/h1-8,11,13H,9-10,12H2,(H,25,28). The number of hydrogen-bond acceptors (Lipinski definition) is 4. The highest BCUT2D eigenvalue weighted by Crippen LogP contribution is 2.31. The summed E-state index contributed by atoms with van der Waals surface area (Å²) in [5, 5.41) is 3.42. The second-order valence-corrected chi connectivity index (χ2v) is 8.22. The maximum absolute atomic E-state index is 12.9. The molecule has 4 rings (SSSR count). The van der Waals surface area contributed by atoms with Crippen LogP contribution in [0.4, 0.5) is 4.39 Å². The summed E-state index contributed by atoms with van der Waals surface area (Å²) in [5.41, 5.74) is 2.22.